The molecule has 0 aromatic carbocycles. The van der Waals surface area contributed by atoms with Crippen LogP contribution in [0, 0.1) is 5.92 Å². The number of halogens is 2. The van der Waals surface area contributed by atoms with Gasteiger partial charge in [-0.25, -0.2) is 8.78 Å². The molecule has 1 saturated heterocycles. The average Bonchev–Trinajstić information content (AvgIpc) is 2.10. The van der Waals surface area contributed by atoms with E-state index in [1.165, 1.54) is 0 Å². The van der Waals surface area contributed by atoms with Gasteiger partial charge in [-0.05, 0) is 0 Å². The number of aliphatic hydroxyl groups is 4. The zero-order valence-corrected chi connectivity index (χ0v) is 7.12. The van der Waals surface area contributed by atoms with Gasteiger partial charge in [-0.2, -0.15) is 0 Å². The van der Waals surface area contributed by atoms with Gasteiger partial charge in [-0.3, -0.25) is 0 Å². The van der Waals surface area contributed by atoms with Crippen LogP contribution in [0.15, 0.2) is 0 Å². The molecule has 0 aliphatic carbocycles. The second kappa shape index (κ2) is 4.45. The summed E-state index contributed by atoms with van der Waals surface area (Å²) in [4.78, 5) is 0. The highest BCUT2D eigenvalue weighted by molar-refractivity contribution is 4.89. The predicted octanol–water partition coefficient (Wildman–Crippen LogP) is -1.70. The molecule has 0 saturated carbocycles. The topological polar surface area (TPSA) is 90.2 Å². The Morgan fingerprint density at radius 1 is 1.14 bits per heavy atom. The maximum absolute atomic E-state index is 12.3. The van der Waals surface area contributed by atoms with Crippen molar-refractivity contribution >= 4 is 0 Å². The molecule has 1 fully saturated rings. The molecule has 1 rings (SSSR count). The van der Waals surface area contributed by atoms with Crippen molar-refractivity contribution in [3.05, 3.63) is 0 Å². The van der Waals surface area contributed by atoms with E-state index < -0.39 is 43.6 Å². The summed E-state index contributed by atoms with van der Waals surface area (Å²) in [6.07, 6.45) is -9.56. The molecular weight excluding hydrogens is 202 g/mol. The second-order valence-electron chi connectivity index (χ2n) is 3.14. The van der Waals surface area contributed by atoms with Crippen molar-refractivity contribution in [3.63, 3.8) is 0 Å². The standard InChI is InChI=1S/C7H12F2O5/c8-6(9)3-5(12)4(11)2(1-10)14-7(3)13/h2-7,10-13H,1H2/t2-,3+,4-,5-,7?/m1/s1. The highest BCUT2D eigenvalue weighted by Gasteiger charge is 2.47. The van der Waals surface area contributed by atoms with E-state index in [0.717, 1.165) is 0 Å². The number of rotatable bonds is 2. The maximum atomic E-state index is 12.3. The minimum absolute atomic E-state index is 0.661. The zero-order valence-electron chi connectivity index (χ0n) is 7.12. The van der Waals surface area contributed by atoms with E-state index in [4.69, 9.17) is 10.2 Å². The fourth-order valence-electron chi connectivity index (χ4n) is 1.39. The molecule has 84 valence electrons. The number of hydrogen-bond donors (Lipinski definition) is 4. The third-order valence-electron chi connectivity index (χ3n) is 2.24. The molecule has 1 unspecified atom stereocenters. The molecule has 7 heteroatoms. The quantitative estimate of drug-likeness (QED) is 0.440. The molecule has 0 bridgehead atoms. The molecule has 0 aromatic heterocycles. The Hall–Kier alpha value is -0.340. The molecule has 0 aromatic rings. The van der Waals surface area contributed by atoms with Gasteiger partial charge in [0.25, 0.3) is 0 Å². The highest BCUT2D eigenvalue weighted by Crippen LogP contribution is 2.29. The lowest BCUT2D eigenvalue weighted by Crippen LogP contribution is -2.57. The molecule has 0 radical (unpaired) electrons. The van der Waals surface area contributed by atoms with Crippen LogP contribution in [0.5, 0.6) is 0 Å². The number of alkyl halides is 2. The summed E-state index contributed by atoms with van der Waals surface area (Å²) in [7, 11) is 0. The normalized spacial score (nSPS) is 44.4. The summed E-state index contributed by atoms with van der Waals surface area (Å²) >= 11 is 0. The predicted molar refractivity (Wildman–Crippen MR) is 39.5 cm³/mol. The van der Waals surface area contributed by atoms with Gasteiger partial charge in [0, 0.05) is 0 Å². The van der Waals surface area contributed by atoms with Crippen LogP contribution >= 0.6 is 0 Å². The smallest absolute Gasteiger partial charge is 0.248 e. The molecule has 14 heavy (non-hydrogen) atoms. The first kappa shape index (κ1) is 11.7. The van der Waals surface area contributed by atoms with E-state index in [1.807, 2.05) is 0 Å². The number of aliphatic hydroxyl groups excluding tert-OH is 4. The molecule has 4 N–H and O–H groups in total. The van der Waals surface area contributed by atoms with Gasteiger partial charge in [-0.15, -0.1) is 0 Å². The van der Waals surface area contributed by atoms with Gasteiger partial charge >= 0.3 is 0 Å². The summed E-state index contributed by atoms with van der Waals surface area (Å²) in [6.45, 7) is -0.661. The van der Waals surface area contributed by atoms with Crippen LogP contribution in [-0.4, -0.2) is 58.1 Å². The molecule has 1 aliphatic heterocycles. The SMILES string of the molecule is OC[C@H]1OC(O)[C@H](C(F)F)[C@@H](O)[C@@H]1O. The summed E-state index contributed by atoms with van der Waals surface area (Å²) in [5.41, 5.74) is 0. The van der Waals surface area contributed by atoms with Crippen LogP contribution < -0.4 is 0 Å². The highest BCUT2D eigenvalue weighted by atomic mass is 19.3. The van der Waals surface area contributed by atoms with Crippen LogP contribution in [0.2, 0.25) is 0 Å². The van der Waals surface area contributed by atoms with Crippen LogP contribution in [0.1, 0.15) is 0 Å². The summed E-state index contributed by atoms with van der Waals surface area (Å²) in [6, 6.07) is 0. The Bertz CT molecular complexity index is 191. The first-order valence-electron chi connectivity index (χ1n) is 4.07. The van der Waals surface area contributed by atoms with E-state index in [1.54, 1.807) is 0 Å². The van der Waals surface area contributed by atoms with E-state index in [0.29, 0.717) is 0 Å². The third-order valence-corrected chi connectivity index (χ3v) is 2.24. The van der Waals surface area contributed by atoms with Crippen molar-refractivity contribution in [2.75, 3.05) is 6.61 Å². The number of hydrogen-bond acceptors (Lipinski definition) is 5. The van der Waals surface area contributed by atoms with Gasteiger partial charge in [-0.1, -0.05) is 0 Å². The monoisotopic (exact) mass is 214 g/mol. The Labute approximate surface area is 78.5 Å². The van der Waals surface area contributed by atoms with Crippen molar-refractivity contribution < 1.29 is 33.9 Å². The average molecular weight is 214 g/mol. The fraction of sp³-hybridized carbons (Fsp3) is 1.00. The zero-order chi connectivity index (χ0) is 10.9. The van der Waals surface area contributed by atoms with E-state index in [-0.39, 0.29) is 0 Å². The van der Waals surface area contributed by atoms with Crippen LogP contribution in [0.25, 0.3) is 0 Å². The van der Waals surface area contributed by atoms with E-state index in [2.05, 4.69) is 4.74 Å². The molecular formula is C7H12F2O5. The summed E-state index contributed by atoms with van der Waals surface area (Å²) < 4.78 is 29.0. The van der Waals surface area contributed by atoms with Gasteiger partial charge in [0.15, 0.2) is 6.29 Å². The van der Waals surface area contributed by atoms with E-state index >= 15 is 0 Å². The van der Waals surface area contributed by atoms with Crippen LogP contribution in [0.4, 0.5) is 8.78 Å². The van der Waals surface area contributed by atoms with Crippen LogP contribution in [-0.2, 0) is 4.74 Å². The fourth-order valence-corrected chi connectivity index (χ4v) is 1.39. The number of ether oxygens (including phenoxy) is 1. The Morgan fingerprint density at radius 3 is 2.14 bits per heavy atom. The van der Waals surface area contributed by atoms with Crippen molar-refractivity contribution in [2.24, 2.45) is 5.92 Å². The van der Waals surface area contributed by atoms with Crippen molar-refractivity contribution in [1.29, 1.82) is 0 Å². The van der Waals surface area contributed by atoms with Gasteiger partial charge in [0.05, 0.1) is 18.6 Å². The molecule has 0 spiro atoms. The Kier molecular flexibility index (Phi) is 3.73. The van der Waals surface area contributed by atoms with Crippen molar-refractivity contribution in [1.82, 2.24) is 0 Å². The first-order valence-corrected chi connectivity index (χ1v) is 4.07. The minimum Gasteiger partial charge on any atom is -0.394 e. The molecule has 0 amide bonds. The Morgan fingerprint density at radius 2 is 1.71 bits per heavy atom. The molecule has 1 heterocycles. The summed E-state index contributed by atoms with van der Waals surface area (Å²) in [5, 5.41) is 36.1. The molecule has 5 nitrogen and oxygen atoms in total. The van der Waals surface area contributed by atoms with Gasteiger partial charge in [0.1, 0.15) is 12.2 Å². The van der Waals surface area contributed by atoms with Gasteiger partial charge in [0.2, 0.25) is 6.43 Å². The van der Waals surface area contributed by atoms with Gasteiger partial charge < -0.3 is 25.2 Å². The lowest BCUT2D eigenvalue weighted by atomic mass is 9.91. The first-order chi connectivity index (χ1) is 6.49. The largest absolute Gasteiger partial charge is 0.394 e. The molecule has 5 atom stereocenters. The van der Waals surface area contributed by atoms with E-state index in [9.17, 15) is 19.0 Å². The Balaban J connectivity index is 2.74. The lowest BCUT2D eigenvalue weighted by molar-refractivity contribution is -0.288. The maximum Gasteiger partial charge on any atom is 0.248 e. The third kappa shape index (κ3) is 2.01. The summed E-state index contributed by atoms with van der Waals surface area (Å²) in [5.74, 6) is -1.85. The van der Waals surface area contributed by atoms with Crippen molar-refractivity contribution in [3.8, 4) is 0 Å². The minimum atomic E-state index is -3.01. The van der Waals surface area contributed by atoms with Crippen LogP contribution in [0.3, 0.4) is 0 Å². The molecule has 1 aliphatic rings. The van der Waals surface area contributed by atoms with Crippen molar-refractivity contribution in [2.45, 2.75) is 31.0 Å². The second-order valence-corrected chi connectivity index (χ2v) is 3.14. The lowest BCUT2D eigenvalue weighted by Gasteiger charge is -2.39.